The molecule has 1 aromatic carbocycles. The van der Waals surface area contributed by atoms with Crippen LogP contribution in [0, 0.1) is 0 Å². The molecule has 0 radical (unpaired) electrons. The van der Waals surface area contributed by atoms with Crippen LogP contribution in [0.2, 0.25) is 0 Å². The molecular formula is C14H19N3OS. The number of nitrogens with one attached hydrogen (secondary N) is 1. The molecule has 0 bridgehead atoms. The number of aromatic nitrogens is 3. The summed E-state index contributed by atoms with van der Waals surface area (Å²) in [6.45, 7) is 2.79. The van der Waals surface area contributed by atoms with Gasteiger partial charge >= 0.3 is 5.69 Å². The number of nitrogens with zero attached hydrogens (tertiary/aromatic N) is 2. The summed E-state index contributed by atoms with van der Waals surface area (Å²) < 4.78 is 1.72. The maximum Gasteiger partial charge on any atom is 0.343 e. The van der Waals surface area contributed by atoms with Crippen molar-refractivity contribution >= 4 is 11.8 Å². The summed E-state index contributed by atoms with van der Waals surface area (Å²) in [6.07, 6.45) is 3.09. The summed E-state index contributed by atoms with van der Waals surface area (Å²) in [5, 5.41) is 7.39. The summed E-state index contributed by atoms with van der Waals surface area (Å²) in [5.74, 6) is 0.975. The van der Waals surface area contributed by atoms with E-state index in [4.69, 9.17) is 0 Å². The van der Waals surface area contributed by atoms with E-state index in [1.165, 1.54) is 5.56 Å². The number of H-pyrrole nitrogens is 1. The van der Waals surface area contributed by atoms with Crippen LogP contribution >= 0.6 is 11.8 Å². The number of benzene rings is 1. The molecule has 102 valence electrons. The first kappa shape index (κ1) is 13.9. The van der Waals surface area contributed by atoms with Crippen molar-refractivity contribution in [3.8, 4) is 0 Å². The molecule has 5 heteroatoms. The van der Waals surface area contributed by atoms with E-state index in [1.807, 2.05) is 6.07 Å². The Morgan fingerprint density at radius 2 is 2.11 bits per heavy atom. The highest BCUT2D eigenvalue weighted by Crippen LogP contribution is 2.16. The molecule has 1 N–H and O–H groups in total. The SMILES string of the molecule is CCCn1c(SCCCc2ccccc2)n[nH]c1=O. The highest BCUT2D eigenvalue weighted by atomic mass is 32.2. The van der Waals surface area contributed by atoms with Crippen LogP contribution in [-0.4, -0.2) is 20.5 Å². The first-order valence-corrected chi connectivity index (χ1v) is 7.61. The van der Waals surface area contributed by atoms with Crippen molar-refractivity contribution in [1.82, 2.24) is 14.8 Å². The summed E-state index contributed by atoms with van der Waals surface area (Å²) in [7, 11) is 0. The van der Waals surface area contributed by atoms with Crippen molar-refractivity contribution in [2.45, 2.75) is 37.9 Å². The second kappa shape index (κ2) is 7.19. The average Bonchev–Trinajstić information content (AvgIpc) is 2.78. The van der Waals surface area contributed by atoms with Gasteiger partial charge in [-0.1, -0.05) is 49.0 Å². The van der Waals surface area contributed by atoms with Crippen molar-refractivity contribution in [3.63, 3.8) is 0 Å². The Hall–Kier alpha value is -1.49. The Kier molecular flexibility index (Phi) is 5.27. The van der Waals surface area contributed by atoms with Gasteiger partial charge in [-0.25, -0.2) is 9.89 Å². The lowest BCUT2D eigenvalue weighted by atomic mass is 10.1. The van der Waals surface area contributed by atoms with E-state index in [1.54, 1.807) is 16.3 Å². The van der Waals surface area contributed by atoms with Gasteiger partial charge in [-0.2, -0.15) is 0 Å². The van der Waals surface area contributed by atoms with Crippen LogP contribution in [-0.2, 0) is 13.0 Å². The number of hydrogen-bond donors (Lipinski definition) is 1. The standard InChI is InChI=1S/C14H19N3OS/c1-2-10-17-13(18)15-16-14(17)19-11-6-9-12-7-4-3-5-8-12/h3-5,7-8H,2,6,9-11H2,1H3,(H,15,18). The van der Waals surface area contributed by atoms with E-state index >= 15 is 0 Å². The normalized spacial score (nSPS) is 10.8. The van der Waals surface area contributed by atoms with E-state index in [9.17, 15) is 4.79 Å². The number of rotatable bonds is 7. The maximum atomic E-state index is 11.5. The molecule has 0 saturated heterocycles. The molecular weight excluding hydrogens is 258 g/mol. The molecule has 0 spiro atoms. The zero-order chi connectivity index (χ0) is 13.5. The minimum Gasteiger partial charge on any atom is -0.270 e. The fourth-order valence-corrected chi connectivity index (χ4v) is 2.83. The highest BCUT2D eigenvalue weighted by Gasteiger charge is 2.07. The van der Waals surface area contributed by atoms with Crippen LogP contribution in [0.1, 0.15) is 25.3 Å². The molecule has 1 heterocycles. The van der Waals surface area contributed by atoms with Crippen LogP contribution in [0.15, 0.2) is 40.3 Å². The molecule has 0 amide bonds. The third kappa shape index (κ3) is 3.99. The van der Waals surface area contributed by atoms with Crippen molar-refractivity contribution in [1.29, 1.82) is 0 Å². The number of aryl methyl sites for hydroxylation is 1. The Bertz CT molecular complexity index is 547. The van der Waals surface area contributed by atoms with Gasteiger partial charge in [0.1, 0.15) is 0 Å². The van der Waals surface area contributed by atoms with Crippen molar-refractivity contribution < 1.29 is 0 Å². The monoisotopic (exact) mass is 277 g/mol. The average molecular weight is 277 g/mol. The third-order valence-corrected chi connectivity index (χ3v) is 3.92. The second-order valence-electron chi connectivity index (χ2n) is 4.40. The van der Waals surface area contributed by atoms with Crippen LogP contribution < -0.4 is 5.69 Å². The molecule has 0 aliphatic rings. The molecule has 1 aromatic heterocycles. The van der Waals surface area contributed by atoms with Gasteiger partial charge in [0.15, 0.2) is 5.16 Å². The summed E-state index contributed by atoms with van der Waals surface area (Å²) >= 11 is 1.65. The van der Waals surface area contributed by atoms with Crippen molar-refractivity contribution in [2.75, 3.05) is 5.75 Å². The largest absolute Gasteiger partial charge is 0.343 e. The second-order valence-corrected chi connectivity index (χ2v) is 5.46. The van der Waals surface area contributed by atoms with Crippen LogP contribution in [0.5, 0.6) is 0 Å². The van der Waals surface area contributed by atoms with Crippen LogP contribution in [0.4, 0.5) is 0 Å². The van der Waals surface area contributed by atoms with E-state index in [0.717, 1.165) is 36.7 Å². The van der Waals surface area contributed by atoms with Gasteiger partial charge in [0.25, 0.3) is 0 Å². The van der Waals surface area contributed by atoms with Crippen molar-refractivity contribution in [2.24, 2.45) is 0 Å². The molecule has 4 nitrogen and oxygen atoms in total. The Labute approximate surface area is 117 Å². The predicted octanol–water partition coefficient (Wildman–Crippen LogP) is 2.71. The number of hydrogen-bond acceptors (Lipinski definition) is 3. The molecule has 2 rings (SSSR count). The molecule has 0 unspecified atom stereocenters. The third-order valence-electron chi connectivity index (χ3n) is 2.85. The highest BCUT2D eigenvalue weighted by molar-refractivity contribution is 7.99. The van der Waals surface area contributed by atoms with Gasteiger partial charge in [-0.15, -0.1) is 5.10 Å². The van der Waals surface area contributed by atoms with Gasteiger partial charge in [0, 0.05) is 12.3 Å². The molecule has 0 atom stereocenters. The zero-order valence-corrected chi connectivity index (χ0v) is 11.9. The fourth-order valence-electron chi connectivity index (χ4n) is 1.92. The lowest BCUT2D eigenvalue weighted by Crippen LogP contribution is -2.17. The van der Waals surface area contributed by atoms with Gasteiger partial charge in [0.2, 0.25) is 0 Å². The van der Waals surface area contributed by atoms with Gasteiger partial charge < -0.3 is 0 Å². The van der Waals surface area contributed by atoms with Gasteiger partial charge in [-0.3, -0.25) is 4.57 Å². The molecule has 19 heavy (non-hydrogen) atoms. The van der Waals surface area contributed by atoms with Crippen LogP contribution in [0.25, 0.3) is 0 Å². The minimum absolute atomic E-state index is 0.104. The summed E-state index contributed by atoms with van der Waals surface area (Å²) in [5.41, 5.74) is 1.25. The van der Waals surface area contributed by atoms with E-state index < -0.39 is 0 Å². The van der Waals surface area contributed by atoms with Crippen molar-refractivity contribution in [3.05, 3.63) is 46.4 Å². The van der Waals surface area contributed by atoms with Crippen LogP contribution in [0.3, 0.4) is 0 Å². The summed E-state index contributed by atoms with van der Waals surface area (Å²) in [6, 6.07) is 10.5. The van der Waals surface area contributed by atoms with E-state index in [-0.39, 0.29) is 5.69 Å². The number of thioether (sulfide) groups is 1. The Morgan fingerprint density at radius 3 is 2.84 bits per heavy atom. The van der Waals surface area contributed by atoms with E-state index in [0.29, 0.717) is 0 Å². The number of aromatic amines is 1. The van der Waals surface area contributed by atoms with Gasteiger partial charge in [-0.05, 0) is 24.8 Å². The first-order chi connectivity index (χ1) is 9.31. The Morgan fingerprint density at radius 1 is 1.32 bits per heavy atom. The molecule has 0 fully saturated rings. The lowest BCUT2D eigenvalue weighted by molar-refractivity contribution is 0.603. The quantitative estimate of drug-likeness (QED) is 0.625. The summed E-state index contributed by atoms with van der Waals surface area (Å²) in [4.78, 5) is 11.5. The smallest absolute Gasteiger partial charge is 0.270 e. The molecule has 0 saturated carbocycles. The topological polar surface area (TPSA) is 50.7 Å². The maximum absolute atomic E-state index is 11.5. The Balaban J connectivity index is 1.81. The fraction of sp³-hybridized carbons (Fsp3) is 0.429. The minimum atomic E-state index is -0.104. The molecule has 2 aromatic rings. The lowest BCUT2D eigenvalue weighted by Gasteiger charge is -2.03. The predicted molar refractivity (Wildman–Crippen MR) is 78.6 cm³/mol. The first-order valence-electron chi connectivity index (χ1n) is 6.63. The zero-order valence-electron chi connectivity index (χ0n) is 11.1. The molecule has 0 aliphatic carbocycles. The van der Waals surface area contributed by atoms with Gasteiger partial charge in [0.05, 0.1) is 0 Å². The van der Waals surface area contributed by atoms with E-state index in [2.05, 4.69) is 41.4 Å². The molecule has 0 aliphatic heterocycles.